The van der Waals surface area contributed by atoms with E-state index in [9.17, 15) is 4.79 Å². The molecule has 2 rings (SSSR count). The third kappa shape index (κ3) is 4.55. The molecule has 0 radical (unpaired) electrons. The normalized spacial score (nSPS) is 22.5. The molecule has 0 saturated heterocycles. The molecule has 1 fully saturated rings. The number of carbonyl (C=O) groups excluding carboxylic acids is 1. The van der Waals surface area contributed by atoms with E-state index in [0.717, 1.165) is 19.3 Å². The van der Waals surface area contributed by atoms with E-state index in [0.29, 0.717) is 11.7 Å². The van der Waals surface area contributed by atoms with Gasteiger partial charge >= 0.3 is 5.97 Å². The van der Waals surface area contributed by atoms with Gasteiger partial charge in [-0.25, -0.2) is 0 Å². The zero-order chi connectivity index (χ0) is 14.4. The van der Waals surface area contributed by atoms with Crippen LogP contribution in [0, 0.1) is 6.92 Å². The Hall–Kier alpha value is -0.960. The lowest BCUT2D eigenvalue weighted by Crippen LogP contribution is -2.32. The molecular weight excluding hydrogens is 268 g/mol. The minimum absolute atomic E-state index is 0.0334. The molecule has 0 aliphatic heterocycles. The minimum atomic E-state index is -0.0334. The number of hydrogen-bond donors (Lipinski definition) is 0. The Kier molecular flexibility index (Phi) is 5.96. The first-order chi connectivity index (χ1) is 9.69. The molecule has 0 aromatic heterocycles. The van der Waals surface area contributed by atoms with Gasteiger partial charge in [-0.2, -0.15) is 0 Å². The van der Waals surface area contributed by atoms with Crippen molar-refractivity contribution in [2.45, 2.75) is 68.6 Å². The molecule has 0 spiro atoms. The molecule has 1 aliphatic rings. The monoisotopic (exact) mass is 292 g/mol. The highest BCUT2D eigenvalue weighted by molar-refractivity contribution is 8.00. The van der Waals surface area contributed by atoms with Crippen molar-refractivity contribution >= 4 is 17.7 Å². The van der Waals surface area contributed by atoms with Crippen LogP contribution in [0.5, 0.6) is 0 Å². The van der Waals surface area contributed by atoms with Crippen molar-refractivity contribution in [1.29, 1.82) is 0 Å². The molecule has 110 valence electrons. The second-order valence-corrected chi connectivity index (χ2v) is 6.84. The van der Waals surface area contributed by atoms with Crippen LogP contribution in [0.25, 0.3) is 0 Å². The van der Waals surface area contributed by atoms with Gasteiger partial charge in [0.15, 0.2) is 0 Å². The van der Waals surface area contributed by atoms with Crippen LogP contribution >= 0.6 is 11.8 Å². The molecule has 1 aliphatic carbocycles. The molecule has 1 saturated carbocycles. The molecule has 0 N–H and O–H groups in total. The number of benzene rings is 1. The number of carbonyl (C=O) groups is 1. The highest BCUT2D eigenvalue weighted by Gasteiger charge is 2.28. The summed E-state index contributed by atoms with van der Waals surface area (Å²) in [6, 6.07) is 8.62. The van der Waals surface area contributed by atoms with Crippen molar-refractivity contribution in [2.24, 2.45) is 0 Å². The van der Waals surface area contributed by atoms with Crippen LogP contribution < -0.4 is 0 Å². The Bertz CT molecular complexity index is 427. The Morgan fingerprint density at radius 1 is 1.25 bits per heavy atom. The van der Waals surface area contributed by atoms with Crippen molar-refractivity contribution in [3.8, 4) is 0 Å². The highest BCUT2D eigenvalue weighted by Crippen LogP contribution is 2.35. The molecular formula is C17H24O2S. The number of esters is 1. The van der Waals surface area contributed by atoms with E-state index < -0.39 is 0 Å². The zero-order valence-corrected chi connectivity index (χ0v) is 13.2. The van der Waals surface area contributed by atoms with E-state index in [4.69, 9.17) is 4.74 Å². The lowest BCUT2D eigenvalue weighted by atomic mass is 9.97. The summed E-state index contributed by atoms with van der Waals surface area (Å²) in [6.07, 6.45) is 6.07. The van der Waals surface area contributed by atoms with Crippen LogP contribution in [0.3, 0.4) is 0 Å². The van der Waals surface area contributed by atoms with E-state index in [1.165, 1.54) is 23.3 Å². The fourth-order valence-corrected chi connectivity index (χ4v) is 3.83. The van der Waals surface area contributed by atoms with Gasteiger partial charge in [0.05, 0.1) is 0 Å². The highest BCUT2D eigenvalue weighted by atomic mass is 32.2. The maximum Gasteiger partial charge on any atom is 0.306 e. The molecule has 1 aromatic rings. The van der Waals surface area contributed by atoms with Crippen molar-refractivity contribution in [3.05, 3.63) is 29.8 Å². The number of rotatable bonds is 5. The van der Waals surface area contributed by atoms with Crippen LogP contribution in [-0.2, 0) is 9.53 Å². The summed E-state index contributed by atoms with van der Waals surface area (Å²) in [5.41, 5.74) is 1.28. The third-order valence-electron chi connectivity index (χ3n) is 3.69. The van der Waals surface area contributed by atoms with E-state index >= 15 is 0 Å². The van der Waals surface area contributed by atoms with Gasteiger partial charge in [0.25, 0.3) is 0 Å². The zero-order valence-electron chi connectivity index (χ0n) is 12.4. The molecule has 0 unspecified atom stereocenters. The summed E-state index contributed by atoms with van der Waals surface area (Å²) < 4.78 is 5.68. The third-order valence-corrected chi connectivity index (χ3v) is 5.07. The molecule has 1 aromatic carbocycles. The van der Waals surface area contributed by atoms with Gasteiger partial charge in [-0.05, 0) is 44.7 Å². The van der Waals surface area contributed by atoms with Gasteiger partial charge in [0.1, 0.15) is 6.10 Å². The van der Waals surface area contributed by atoms with E-state index in [-0.39, 0.29) is 12.1 Å². The van der Waals surface area contributed by atoms with Gasteiger partial charge in [-0.15, -0.1) is 11.8 Å². The SMILES string of the molecule is CCCC(=O)O[C@H]1CCCC[C@@H]1Sc1ccc(C)cc1. The minimum Gasteiger partial charge on any atom is -0.461 e. The molecule has 20 heavy (non-hydrogen) atoms. The molecule has 0 amide bonds. The lowest BCUT2D eigenvalue weighted by molar-refractivity contribution is -0.150. The average molecular weight is 292 g/mol. The summed E-state index contributed by atoms with van der Waals surface area (Å²) in [6.45, 7) is 4.12. The molecule has 2 atom stereocenters. The number of thioether (sulfide) groups is 1. The first-order valence-corrected chi connectivity index (χ1v) is 8.50. The van der Waals surface area contributed by atoms with Gasteiger partial charge in [-0.1, -0.05) is 31.0 Å². The standard InChI is InChI=1S/C17H24O2S/c1-3-6-17(18)19-15-7-4-5-8-16(15)20-14-11-9-13(2)10-12-14/h9-12,15-16H,3-8H2,1-2H3/t15-,16-/m0/s1. The molecule has 0 heterocycles. The topological polar surface area (TPSA) is 26.3 Å². The Labute approximate surface area is 126 Å². The Morgan fingerprint density at radius 3 is 2.65 bits per heavy atom. The lowest BCUT2D eigenvalue weighted by Gasteiger charge is -2.30. The Morgan fingerprint density at radius 2 is 1.95 bits per heavy atom. The second-order valence-electron chi connectivity index (χ2n) is 5.53. The summed E-state index contributed by atoms with van der Waals surface area (Å²) in [4.78, 5) is 13.0. The first-order valence-electron chi connectivity index (χ1n) is 7.62. The van der Waals surface area contributed by atoms with Crippen molar-refractivity contribution in [1.82, 2.24) is 0 Å². The summed E-state index contributed by atoms with van der Waals surface area (Å²) in [7, 11) is 0. The summed E-state index contributed by atoms with van der Waals surface area (Å²) >= 11 is 1.86. The van der Waals surface area contributed by atoms with Gasteiger partial charge in [-0.3, -0.25) is 4.79 Å². The predicted molar refractivity (Wildman–Crippen MR) is 84.1 cm³/mol. The van der Waals surface area contributed by atoms with Crippen LogP contribution in [0.1, 0.15) is 51.0 Å². The van der Waals surface area contributed by atoms with Gasteiger partial charge in [0, 0.05) is 16.6 Å². The molecule has 2 nitrogen and oxygen atoms in total. The van der Waals surface area contributed by atoms with Gasteiger partial charge in [0.2, 0.25) is 0 Å². The average Bonchev–Trinajstić information content (AvgIpc) is 2.44. The van der Waals surface area contributed by atoms with Crippen molar-refractivity contribution in [2.75, 3.05) is 0 Å². The van der Waals surface area contributed by atoms with Crippen molar-refractivity contribution < 1.29 is 9.53 Å². The largest absolute Gasteiger partial charge is 0.461 e. The van der Waals surface area contributed by atoms with Crippen LogP contribution in [0.15, 0.2) is 29.2 Å². The van der Waals surface area contributed by atoms with Gasteiger partial charge < -0.3 is 4.74 Å². The summed E-state index contributed by atoms with van der Waals surface area (Å²) in [5, 5.41) is 0.410. The first kappa shape index (κ1) is 15.4. The summed E-state index contributed by atoms with van der Waals surface area (Å²) in [5.74, 6) is -0.0334. The number of hydrogen-bond acceptors (Lipinski definition) is 3. The number of ether oxygens (including phenoxy) is 1. The molecule has 3 heteroatoms. The Balaban J connectivity index is 1.95. The van der Waals surface area contributed by atoms with Crippen LogP contribution in [0.2, 0.25) is 0 Å². The van der Waals surface area contributed by atoms with E-state index in [1.54, 1.807) is 0 Å². The fourth-order valence-electron chi connectivity index (χ4n) is 2.56. The van der Waals surface area contributed by atoms with E-state index in [2.05, 4.69) is 31.2 Å². The van der Waals surface area contributed by atoms with E-state index in [1.807, 2.05) is 18.7 Å². The quantitative estimate of drug-likeness (QED) is 0.733. The van der Waals surface area contributed by atoms with Crippen LogP contribution in [-0.4, -0.2) is 17.3 Å². The molecule has 0 bridgehead atoms. The smallest absolute Gasteiger partial charge is 0.306 e. The fraction of sp³-hybridized carbons (Fsp3) is 0.588. The number of aryl methyl sites for hydroxylation is 1. The van der Waals surface area contributed by atoms with Crippen molar-refractivity contribution in [3.63, 3.8) is 0 Å². The predicted octanol–water partition coefficient (Wildman–Crippen LogP) is 4.74. The second kappa shape index (κ2) is 7.72. The maximum absolute atomic E-state index is 11.7. The van der Waals surface area contributed by atoms with Crippen LogP contribution in [0.4, 0.5) is 0 Å². The maximum atomic E-state index is 11.7.